The molecule has 0 aliphatic heterocycles. The van der Waals surface area contributed by atoms with Crippen LogP contribution in [-0.2, 0) is 12.8 Å². The summed E-state index contributed by atoms with van der Waals surface area (Å²) in [5.41, 5.74) is 23.5. The lowest BCUT2D eigenvalue weighted by atomic mass is 9.72. The second-order valence-electron chi connectivity index (χ2n) is 39.8. The predicted octanol–water partition coefficient (Wildman–Crippen LogP) is 43.6. The Morgan fingerprint density at radius 2 is 0.383 bits per heavy atom. The maximum absolute atomic E-state index is 4.02. The molecule has 2 heteroatoms. The van der Waals surface area contributed by atoms with E-state index in [0.29, 0.717) is 0 Å². The van der Waals surface area contributed by atoms with Gasteiger partial charge < -0.3 is 0 Å². The van der Waals surface area contributed by atoms with Crippen molar-refractivity contribution in [2.45, 2.75) is 440 Å². The molecule has 0 aromatic heterocycles. The number of aryl methyl sites for hydroxylation is 2. The summed E-state index contributed by atoms with van der Waals surface area (Å²) >= 11 is 8.03. The van der Waals surface area contributed by atoms with Gasteiger partial charge in [-0.2, -0.15) is 0 Å². The molecule has 128 heavy (non-hydrogen) atoms. The lowest BCUT2D eigenvalue weighted by molar-refractivity contribution is 0.284. The third-order valence-electron chi connectivity index (χ3n) is 29.1. The molecule has 0 aliphatic rings. The average molecular weight is 1850 g/mol. The number of halogens is 2. The van der Waals surface area contributed by atoms with Crippen LogP contribution < -0.4 is 0 Å². The quantitative estimate of drug-likeness (QED) is 0.0333. The molecular weight excluding hydrogens is 1670 g/mol. The van der Waals surface area contributed by atoms with E-state index < -0.39 is 0 Å². The molecule has 9 aromatic carbocycles. The van der Waals surface area contributed by atoms with Gasteiger partial charge in [0.05, 0.1) is 0 Å². The Morgan fingerprint density at radius 1 is 0.172 bits per heavy atom. The fourth-order valence-electron chi connectivity index (χ4n) is 21.6. The molecule has 0 heterocycles. The van der Waals surface area contributed by atoms with E-state index in [4.69, 9.17) is 0 Å². The number of hydrogen-bond acceptors (Lipinski definition) is 0. The molecule has 0 radical (unpaired) electrons. The van der Waals surface area contributed by atoms with Crippen LogP contribution >= 0.6 is 31.9 Å². The number of hydrogen-bond donors (Lipinski definition) is 0. The highest BCUT2D eigenvalue weighted by molar-refractivity contribution is 9.10. The zero-order valence-corrected chi connectivity index (χ0v) is 85.7. The monoisotopic (exact) mass is 1850 g/mol. The standard InChI is InChI=1S/C126H180Br2/c1-7-13-19-25-31-35-37-41-47-55-71-103(69-53-45-39-33-27-21-15-9-3)99-105(73-51-43-29-23-17-11-5)75-65-83-109-81-61-63-89-119(109)125-123(115-87-67-85-113(101-115)107-77-57-49-58-78-107)121(111-91-95-117(127)96-92-111)122(112-93-97-118(128)98-94-112)124(116-88-68-86-114(102-116)108-79-59-50-60-80-108)126(125)120-90-64-62-82-110(120)84-66-76-106(74-52-44-30-24-18-12-6)100-104(70-54-46-40-34-28-22-16-10-4)72-56-48-42-38-36-32-26-20-14-8-2/h49-50,57-64,67-68,77-82,85-98,101-106H,7-48,51-56,65-66,69-76,83-84,99-100H2,1-6H3. The highest BCUT2D eigenvalue weighted by atomic mass is 79.9. The van der Waals surface area contributed by atoms with E-state index in [9.17, 15) is 0 Å². The zero-order valence-electron chi connectivity index (χ0n) is 82.5. The van der Waals surface area contributed by atoms with E-state index in [0.717, 1.165) is 45.5 Å². The van der Waals surface area contributed by atoms with Gasteiger partial charge in [0.25, 0.3) is 0 Å². The van der Waals surface area contributed by atoms with Crippen molar-refractivity contribution in [2.75, 3.05) is 0 Å². The zero-order chi connectivity index (χ0) is 89.7. The van der Waals surface area contributed by atoms with Gasteiger partial charge in [0, 0.05) is 8.95 Å². The van der Waals surface area contributed by atoms with Crippen LogP contribution in [0, 0.1) is 23.7 Å². The van der Waals surface area contributed by atoms with Gasteiger partial charge in [-0.05, 0) is 199 Å². The van der Waals surface area contributed by atoms with Gasteiger partial charge in [0.1, 0.15) is 0 Å². The van der Waals surface area contributed by atoms with Crippen LogP contribution in [0.15, 0.2) is 215 Å². The molecule has 0 saturated carbocycles. The van der Waals surface area contributed by atoms with Crippen LogP contribution in [0.5, 0.6) is 0 Å². The summed E-state index contributed by atoms with van der Waals surface area (Å²) in [6, 6.07) is 80.8. The molecule has 0 nitrogen and oxygen atoms in total. The Kier molecular flexibility index (Phi) is 54.7. The second kappa shape index (κ2) is 66.3. The van der Waals surface area contributed by atoms with Gasteiger partial charge in [-0.3, -0.25) is 0 Å². The molecule has 9 aromatic rings. The summed E-state index contributed by atoms with van der Waals surface area (Å²) in [7, 11) is 0. The fourth-order valence-corrected chi connectivity index (χ4v) is 22.2. The van der Waals surface area contributed by atoms with Crippen molar-refractivity contribution in [1.82, 2.24) is 0 Å². The molecule has 0 aliphatic carbocycles. The first kappa shape index (κ1) is 106. The van der Waals surface area contributed by atoms with Crippen molar-refractivity contribution in [2.24, 2.45) is 23.7 Å². The Balaban J connectivity index is 1.21. The fraction of sp³-hybridized carbons (Fsp3) is 0.571. The van der Waals surface area contributed by atoms with Crippen LogP contribution in [0.25, 0.3) is 89.0 Å². The Labute approximate surface area is 804 Å². The van der Waals surface area contributed by atoms with Crippen molar-refractivity contribution in [3.8, 4) is 89.0 Å². The maximum Gasteiger partial charge on any atom is 0.0175 e. The summed E-state index contributed by atoms with van der Waals surface area (Å²) < 4.78 is 2.17. The molecule has 9 rings (SSSR count). The molecule has 0 saturated heterocycles. The summed E-state index contributed by atoms with van der Waals surface area (Å²) in [6.45, 7) is 14.2. The second-order valence-corrected chi connectivity index (χ2v) is 41.6. The maximum atomic E-state index is 4.02. The first-order chi connectivity index (χ1) is 63.2. The Morgan fingerprint density at radius 3 is 0.648 bits per heavy atom. The van der Waals surface area contributed by atoms with Crippen molar-refractivity contribution >= 4 is 31.9 Å². The van der Waals surface area contributed by atoms with E-state index in [-0.39, 0.29) is 0 Å². The van der Waals surface area contributed by atoms with Gasteiger partial charge in [-0.1, -0.05) is 603 Å². The minimum Gasteiger partial charge on any atom is -0.0654 e. The normalized spacial score (nSPS) is 12.6. The number of benzene rings is 9. The SMILES string of the molecule is CCCCCCCCCCCCC(CCCCCCCCCC)CC(CCCCCCCC)CCCc1ccccc1-c1c(-c2cccc(-c3ccccc3)c2)c(-c2ccc(Br)cc2)c(-c2ccc(Br)cc2)c(-c2cccc(-c3ccccc3)c2)c1-c1ccccc1CCCC(CCCCCCCC)CC(CCCCCCCCCC)CCCCCCCCCCCC. The van der Waals surface area contributed by atoms with E-state index in [1.54, 1.807) is 0 Å². The molecular formula is C126H180Br2. The van der Waals surface area contributed by atoms with Crippen molar-refractivity contribution in [3.63, 3.8) is 0 Å². The van der Waals surface area contributed by atoms with E-state index in [1.165, 1.54) is 485 Å². The molecule has 4 atom stereocenters. The summed E-state index contributed by atoms with van der Waals surface area (Å²) in [4.78, 5) is 0. The van der Waals surface area contributed by atoms with E-state index in [2.05, 4.69) is 280 Å². The lowest BCUT2D eigenvalue weighted by Crippen LogP contribution is -2.11. The molecule has 4 unspecified atom stereocenters. The van der Waals surface area contributed by atoms with Gasteiger partial charge in [0.2, 0.25) is 0 Å². The smallest absolute Gasteiger partial charge is 0.0175 e. The van der Waals surface area contributed by atoms with E-state index >= 15 is 0 Å². The molecule has 0 fully saturated rings. The van der Waals surface area contributed by atoms with Gasteiger partial charge in [-0.25, -0.2) is 0 Å². The Hall–Kier alpha value is -6.06. The number of unbranched alkanes of at least 4 members (excludes halogenated alkanes) is 42. The summed E-state index contributed by atoms with van der Waals surface area (Å²) in [5, 5.41) is 0. The topological polar surface area (TPSA) is 0 Å². The molecule has 0 N–H and O–H groups in total. The van der Waals surface area contributed by atoms with Crippen molar-refractivity contribution in [1.29, 1.82) is 0 Å². The van der Waals surface area contributed by atoms with Crippen LogP contribution in [0.1, 0.15) is 438 Å². The third kappa shape index (κ3) is 39.2. The summed E-state index contributed by atoms with van der Waals surface area (Å²) in [6.07, 6.45) is 85.4. The third-order valence-corrected chi connectivity index (χ3v) is 30.2. The minimum atomic E-state index is 0.739. The highest BCUT2D eigenvalue weighted by Gasteiger charge is 2.32. The minimum absolute atomic E-state index is 0.739. The molecule has 0 spiro atoms. The van der Waals surface area contributed by atoms with Crippen LogP contribution in [-0.4, -0.2) is 0 Å². The molecule has 0 amide bonds. The summed E-state index contributed by atoms with van der Waals surface area (Å²) in [5.74, 6) is 3.13. The van der Waals surface area contributed by atoms with Crippen LogP contribution in [0.2, 0.25) is 0 Å². The largest absolute Gasteiger partial charge is 0.0654 e. The highest BCUT2D eigenvalue weighted by Crippen LogP contribution is 2.58. The molecule has 698 valence electrons. The van der Waals surface area contributed by atoms with Crippen molar-refractivity contribution < 1.29 is 0 Å². The predicted molar refractivity (Wildman–Crippen MR) is 578 cm³/mol. The van der Waals surface area contributed by atoms with Crippen LogP contribution in [0.4, 0.5) is 0 Å². The van der Waals surface area contributed by atoms with Gasteiger partial charge in [0.15, 0.2) is 0 Å². The molecule has 0 bridgehead atoms. The number of rotatable bonds is 74. The Bertz CT molecular complexity index is 4000. The lowest BCUT2D eigenvalue weighted by Gasteiger charge is -2.31. The first-order valence-electron chi connectivity index (χ1n) is 54.5. The van der Waals surface area contributed by atoms with Gasteiger partial charge in [-0.15, -0.1) is 0 Å². The van der Waals surface area contributed by atoms with Gasteiger partial charge >= 0.3 is 0 Å². The average Bonchev–Trinajstić information content (AvgIpc) is 0.709. The first-order valence-corrected chi connectivity index (χ1v) is 56.1. The van der Waals surface area contributed by atoms with Crippen molar-refractivity contribution in [3.05, 3.63) is 226 Å². The van der Waals surface area contributed by atoms with E-state index in [1.807, 2.05) is 0 Å². The van der Waals surface area contributed by atoms with Crippen LogP contribution in [0.3, 0.4) is 0 Å².